The van der Waals surface area contributed by atoms with Gasteiger partial charge < -0.3 is 10.1 Å². The maximum absolute atomic E-state index is 12.8. The minimum Gasteiger partial charge on any atom is -0.492 e. The van der Waals surface area contributed by atoms with E-state index >= 15 is 0 Å². The van der Waals surface area contributed by atoms with E-state index < -0.39 is 22.0 Å². The standard InChI is InChI=1S/C20H23Cl3N2O4S/c1-4-18(25(30(3,27)28)19-11-14(21)6-8-16(19)22)20(26)24-9-10-29-15-7-5-13(2)17(23)12-15/h5-8,11-12,18H,4,9-10H2,1-3H3,(H,24,26)/t18-/m1/s1. The number of carbonyl (C=O) groups excluding carboxylic acids is 1. The second-order valence-electron chi connectivity index (χ2n) is 6.63. The summed E-state index contributed by atoms with van der Waals surface area (Å²) in [5, 5.41) is 3.78. The van der Waals surface area contributed by atoms with E-state index in [0.29, 0.717) is 15.8 Å². The summed E-state index contributed by atoms with van der Waals surface area (Å²) in [4.78, 5) is 12.8. The van der Waals surface area contributed by atoms with E-state index in [1.807, 2.05) is 13.0 Å². The maximum atomic E-state index is 12.8. The van der Waals surface area contributed by atoms with Crippen LogP contribution in [0.4, 0.5) is 5.69 Å². The third-order valence-electron chi connectivity index (χ3n) is 4.29. The first-order valence-electron chi connectivity index (χ1n) is 9.15. The lowest BCUT2D eigenvalue weighted by molar-refractivity contribution is -0.122. The van der Waals surface area contributed by atoms with Crippen LogP contribution in [-0.4, -0.2) is 39.8 Å². The van der Waals surface area contributed by atoms with Gasteiger partial charge in [-0.1, -0.05) is 47.8 Å². The van der Waals surface area contributed by atoms with Crippen LogP contribution in [0.25, 0.3) is 0 Å². The molecule has 0 bridgehead atoms. The Morgan fingerprint density at radius 3 is 2.43 bits per heavy atom. The molecule has 0 unspecified atom stereocenters. The van der Waals surface area contributed by atoms with Crippen LogP contribution in [0.1, 0.15) is 18.9 Å². The molecule has 10 heteroatoms. The second-order valence-corrected chi connectivity index (χ2v) is 9.74. The van der Waals surface area contributed by atoms with Crippen molar-refractivity contribution in [1.82, 2.24) is 5.32 Å². The summed E-state index contributed by atoms with van der Waals surface area (Å²) in [5.41, 5.74) is 1.09. The van der Waals surface area contributed by atoms with E-state index in [9.17, 15) is 13.2 Å². The first-order chi connectivity index (χ1) is 14.0. The molecule has 0 aliphatic rings. The van der Waals surface area contributed by atoms with Crippen molar-refractivity contribution in [2.24, 2.45) is 0 Å². The topological polar surface area (TPSA) is 75.7 Å². The van der Waals surface area contributed by atoms with Gasteiger partial charge in [0.25, 0.3) is 0 Å². The molecule has 0 aliphatic heterocycles. The summed E-state index contributed by atoms with van der Waals surface area (Å²) >= 11 is 18.3. The van der Waals surface area contributed by atoms with Crippen LogP contribution in [0, 0.1) is 6.92 Å². The molecular formula is C20H23Cl3N2O4S. The van der Waals surface area contributed by atoms with Crippen molar-refractivity contribution in [3.8, 4) is 5.75 Å². The lowest BCUT2D eigenvalue weighted by Crippen LogP contribution is -2.50. The van der Waals surface area contributed by atoms with Crippen molar-refractivity contribution in [3.63, 3.8) is 0 Å². The predicted molar refractivity (Wildman–Crippen MR) is 123 cm³/mol. The number of sulfonamides is 1. The minimum atomic E-state index is -3.81. The number of halogens is 3. The summed E-state index contributed by atoms with van der Waals surface area (Å²) in [5.74, 6) is 0.111. The first-order valence-corrected chi connectivity index (χ1v) is 12.1. The van der Waals surface area contributed by atoms with Gasteiger partial charge in [0.15, 0.2) is 0 Å². The second kappa shape index (κ2) is 10.6. The molecule has 1 atom stereocenters. The van der Waals surface area contributed by atoms with E-state index in [0.717, 1.165) is 16.1 Å². The Morgan fingerprint density at radius 1 is 1.13 bits per heavy atom. The number of nitrogens with zero attached hydrogens (tertiary/aromatic N) is 1. The van der Waals surface area contributed by atoms with Crippen LogP contribution in [0.2, 0.25) is 15.1 Å². The van der Waals surface area contributed by atoms with Crippen molar-refractivity contribution in [3.05, 3.63) is 57.0 Å². The van der Waals surface area contributed by atoms with Crippen LogP contribution < -0.4 is 14.4 Å². The molecule has 2 rings (SSSR count). The third-order valence-corrected chi connectivity index (χ3v) is 6.42. The quantitative estimate of drug-likeness (QED) is 0.514. The fourth-order valence-electron chi connectivity index (χ4n) is 2.81. The van der Waals surface area contributed by atoms with Gasteiger partial charge in [0, 0.05) is 10.0 Å². The largest absolute Gasteiger partial charge is 0.492 e. The molecule has 1 amide bonds. The molecule has 0 saturated carbocycles. The van der Waals surface area contributed by atoms with Gasteiger partial charge in [0.2, 0.25) is 15.9 Å². The summed E-state index contributed by atoms with van der Waals surface area (Å²) in [6, 6.07) is 8.77. The number of benzene rings is 2. The number of aryl methyl sites for hydroxylation is 1. The minimum absolute atomic E-state index is 0.152. The van der Waals surface area contributed by atoms with Gasteiger partial charge in [0.1, 0.15) is 18.4 Å². The lowest BCUT2D eigenvalue weighted by Gasteiger charge is -2.30. The van der Waals surface area contributed by atoms with Gasteiger partial charge in [-0.25, -0.2) is 8.42 Å². The van der Waals surface area contributed by atoms with Crippen molar-refractivity contribution >= 4 is 56.4 Å². The van der Waals surface area contributed by atoms with Crippen molar-refractivity contribution in [1.29, 1.82) is 0 Å². The van der Waals surface area contributed by atoms with Gasteiger partial charge in [-0.05, 0) is 49.2 Å². The Hall–Kier alpha value is -1.67. The highest BCUT2D eigenvalue weighted by Gasteiger charge is 2.32. The highest BCUT2D eigenvalue weighted by atomic mass is 35.5. The van der Waals surface area contributed by atoms with Crippen LogP contribution in [-0.2, 0) is 14.8 Å². The highest BCUT2D eigenvalue weighted by Crippen LogP contribution is 2.33. The summed E-state index contributed by atoms with van der Waals surface area (Å²) in [6.45, 7) is 3.97. The number of amides is 1. The first kappa shape index (κ1) is 24.6. The molecule has 0 fully saturated rings. The van der Waals surface area contributed by atoms with Gasteiger partial charge in [-0.3, -0.25) is 9.10 Å². The number of nitrogens with one attached hydrogen (secondary N) is 1. The number of hydrogen-bond acceptors (Lipinski definition) is 4. The molecule has 0 spiro atoms. The molecule has 0 aliphatic carbocycles. The summed E-state index contributed by atoms with van der Waals surface area (Å²) < 4.78 is 31.5. The zero-order valence-corrected chi connectivity index (χ0v) is 19.9. The SMILES string of the molecule is CC[C@H](C(=O)NCCOc1ccc(C)c(Cl)c1)N(c1cc(Cl)ccc1Cl)S(C)(=O)=O. The van der Waals surface area contributed by atoms with Crippen molar-refractivity contribution in [2.45, 2.75) is 26.3 Å². The number of ether oxygens (including phenoxy) is 1. The highest BCUT2D eigenvalue weighted by molar-refractivity contribution is 7.92. The Bertz CT molecular complexity index is 1020. The van der Waals surface area contributed by atoms with Gasteiger partial charge in [-0.2, -0.15) is 0 Å². The fraction of sp³-hybridized carbons (Fsp3) is 0.350. The Kier molecular flexibility index (Phi) is 8.67. The molecule has 30 heavy (non-hydrogen) atoms. The van der Waals surface area contributed by atoms with Gasteiger partial charge >= 0.3 is 0 Å². The van der Waals surface area contributed by atoms with E-state index in [4.69, 9.17) is 39.5 Å². The molecule has 1 N–H and O–H groups in total. The molecule has 164 valence electrons. The zero-order valence-electron chi connectivity index (χ0n) is 16.8. The number of anilines is 1. The Balaban J connectivity index is 2.10. The molecule has 0 aromatic heterocycles. The summed E-state index contributed by atoms with van der Waals surface area (Å²) in [7, 11) is -3.81. The van der Waals surface area contributed by atoms with Crippen LogP contribution in [0.5, 0.6) is 5.75 Å². The van der Waals surface area contributed by atoms with Crippen molar-refractivity contribution < 1.29 is 17.9 Å². The van der Waals surface area contributed by atoms with Crippen LogP contribution in [0.15, 0.2) is 36.4 Å². The van der Waals surface area contributed by atoms with E-state index in [-0.39, 0.29) is 30.3 Å². The molecule has 2 aromatic carbocycles. The van der Waals surface area contributed by atoms with E-state index in [1.54, 1.807) is 25.1 Å². The summed E-state index contributed by atoms with van der Waals surface area (Å²) in [6.07, 6.45) is 1.25. The molecule has 0 saturated heterocycles. The molecule has 0 heterocycles. The third kappa shape index (κ3) is 6.41. The smallest absolute Gasteiger partial charge is 0.244 e. The average molecular weight is 494 g/mol. The number of hydrogen-bond donors (Lipinski definition) is 1. The van der Waals surface area contributed by atoms with Crippen LogP contribution in [0.3, 0.4) is 0 Å². The maximum Gasteiger partial charge on any atom is 0.244 e. The molecular weight excluding hydrogens is 471 g/mol. The monoisotopic (exact) mass is 492 g/mol. The Morgan fingerprint density at radius 2 is 1.83 bits per heavy atom. The van der Waals surface area contributed by atoms with Gasteiger partial charge in [-0.15, -0.1) is 0 Å². The molecule has 0 radical (unpaired) electrons. The van der Waals surface area contributed by atoms with Gasteiger partial charge in [0.05, 0.1) is 23.5 Å². The predicted octanol–water partition coefficient (Wildman–Crippen LogP) is 4.70. The average Bonchev–Trinajstić information content (AvgIpc) is 2.67. The fourth-order valence-corrected chi connectivity index (χ4v) is 4.63. The van der Waals surface area contributed by atoms with E-state index in [1.165, 1.54) is 12.1 Å². The lowest BCUT2D eigenvalue weighted by atomic mass is 10.2. The normalized spacial score (nSPS) is 12.3. The molecule has 6 nitrogen and oxygen atoms in total. The number of rotatable bonds is 9. The Labute approximate surface area is 192 Å². The van der Waals surface area contributed by atoms with Crippen LogP contribution >= 0.6 is 34.8 Å². The van der Waals surface area contributed by atoms with E-state index in [2.05, 4.69) is 5.32 Å². The van der Waals surface area contributed by atoms with Crippen molar-refractivity contribution in [2.75, 3.05) is 23.7 Å². The zero-order chi connectivity index (χ0) is 22.5. The number of carbonyl (C=O) groups is 1. The molecule has 2 aromatic rings.